The average molecular weight is 330 g/mol. The van der Waals surface area contributed by atoms with Gasteiger partial charge in [-0.3, -0.25) is 5.10 Å². The lowest BCUT2D eigenvalue weighted by molar-refractivity contribution is 0.628. The molecule has 84 valence electrons. The van der Waals surface area contributed by atoms with E-state index >= 15 is 0 Å². The Morgan fingerprint density at radius 1 is 1.25 bits per heavy atom. The molecule has 0 radical (unpaired) electrons. The number of benzene rings is 1. The first kappa shape index (κ1) is 11.6. The van der Waals surface area contributed by atoms with Crippen molar-refractivity contribution >= 4 is 22.6 Å². The van der Waals surface area contributed by atoms with Gasteiger partial charge in [0.1, 0.15) is 11.5 Å². The third kappa shape index (κ3) is 2.11. The van der Waals surface area contributed by atoms with Gasteiger partial charge in [0.2, 0.25) is 0 Å². The van der Waals surface area contributed by atoms with Crippen LogP contribution < -0.4 is 0 Å². The minimum absolute atomic E-state index is 0.224. The zero-order valence-electron chi connectivity index (χ0n) is 9.09. The number of rotatable bonds is 2. The van der Waals surface area contributed by atoms with E-state index in [2.05, 4.69) is 46.6 Å². The van der Waals surface area contributed by atoms with Gasteiger partial charge in [-0.15, -0.1) is 0 Å². The fourth-order valence-electron chi connectivity index (χ4n) is 1.52. The van der Waals surface area contributed by atoms with Crippen LogP contribution in [0.3, 0.4) is 0 Å². The fourth-order valence-corrected chi connectivity index (χ4v) is 2.70. The largest absolute Gasteiger partial charge is 0.281 e. The Morgan fingerprint density at radius 2 is 1.88 bits per heavy atom. The highest BCUT2D eigenvalue weighted by Crippen LogP contribution is 2.28. The third-order valence-electron chi connectivity index (χ3n) is 2.43. The lowest BCUT2D eigenvalue weighted by atomic mass is 10.1. The summed E-state index contributed by atoms with van der Waals surface area (Å²) < 4.78 is 13.9. The molecule has 0 aliphatic heterocycles. The van der Waals surface area contributed by atoms with E-state index in [1.54, 1.807) is 12.1 Å². The summed E-state index contributed by atoms with van der Waals surface area (Å²) in [5.74, 6) is 0.187. The molecule has 0 aliphatic carbocycles. The van der Waals surface area contributed by atoms with Crippen LogP contribution in [0.15, 0.2) is 24.3 Å². The number of aromatic nitrogens is 2. The maximum atomic E-state index is 12.8. The molecular weight excluding hydrogens is 318 g/mol. The first-order valence-electron chi connectivity index (χ1n) is 5.09. The molecule has 0 unspecified atom stereocenters. The van der Waals surface area contributed by atoms with Gasteiger partial charge in [-0.2, -0.15) is 5.10 Å². The molecule has 16 heavy (non-hydrogen) atoms. The topological polar surface area (TPSA) is 28.7 Å². The molecule has 0 bridgehead atoms. The van der Waals surface area contributed by atoms with Crippen LogP contribution in [0.25, 0.3) is 11.3 Å². The van der Waals surface area contributed by atoms with Crippen molar-refractivity contribution in [3.63, 3.8) is 0 Å². The predicted octanol–water partition coefficient (Wildman–Crippen LogP) is 3.94. The van der Waals surface area contributed by atoms with Crippen LogP contribution in [-0.4, -0.2) is 10.2 Å². The van der Waals surface area contributed by atoms with E-state index in [0.29, 0.717) is 5.92 Å². The monoisotopic (exact) mass is 330 g/mol. The van der Waals surface area contributed by atoms with Crippen molar-refractivity contribution in [2.45, 2.75) is 19.8 Å². The normalized spacial score (nSPS) is 11.1. The van der Waals surface area contributed by atoms with Gasteiger partial charge in [0.25, 0.3) is 0 Å². The van der Waals surface area contributed by atoms with E-state index < -0.39 is 0 Å². The molecule has 2 aromatic rings. The molecule has 1 aromatic carbocycles. The average Bonchev–Trinajstić information content (AvgIpc) is 2.61. The number of aromatic amines is 1. The Labute approximate surface area is 107 Å². The van der Waals surface area contributed by atoms with Gasteiger partial charge in [0.05, 0.1) is 9.26 Å². The molecule has 1 N–H and O–H groups in total. The summed E-state index contributed by atoms with van der Waals surface area (Å²) in [5, 5.41) is 7.32. The number of nitrogens with one attached hydrogen (secondary N) is 1. The summed E-state index contributed by atoms with van der Waals surface area (Å²) in [6.45, 7) is 4.23. The van der Waals surface area contributed by atoms with Gasteiger partial charge < -0.3 is 0 Å². The molecule has 0 spiro atoms. The second-order valence-electron chi connectivity index (χ2n) is 3.96. The number of nitrogens with zero attached hydrogens (tertiary/aromatic N) is 1. The first-order chi connectivity index (χ1) is 7.59. The molecular formula is C12H12FIN2. The first-order valence-corrected chi connectivity index (χ1v) is 6.17. The SMILES string of the molecule is CC(C)c1[nH]nc(-c2ccc(F)cc2)c1I. The number of hydrogen-bond acceptors (Lipinski definition) is 1. The maximum absolute atomic E-state index is 12.8. The van der Waals surface area contributed by atoms with Crippen molar-refractivity contribution < 1.29 is 4.39 Å². The molecule has 1 heterocycles. The summed E-state index contributed by atoms with van der Waals surface area (Å²) in [5.41, 5.74) is 2.96. The molecule has 0 fully saturated rings. The van der Waals surface area contributed by atoms with Crippen LogP contribution in [-0.2, 0) is 0 Å². The third-order valence-corrected chi connectivity index (χ3v) is 3.52. The van der Waals surface area contributed by atoms with Gasteiger partial charge >= 0.3 is 0 Å². The van der Waals surface area contributed by atoms with Gasteiger partial charge in [-0.1, -0.05) is 13.8 Å². The van der Waals surface area contributed by atoms with Crippen molar-refractivity contribution in [1.82, 2.24) is 10.2 Å². The summed E-state index contributed by atoms with van der Waals surface area (Å²) >= 11 is 2.28. The molecule has 2 rings (SSSR count). The second kappa shape index (κ2) is 4.53. The summed E-state index contributed by atoms with van der Waals surface area (Å²) in [6.07, 6.45) is 0. The Balaban J connectivity index is 2.45. The van der Waals surface area contributed by atoms with E-state index in [1.807, 2.05) is 0 Å². The van der Waals surface area contributed by atoms with Crippen LogP contribution in [0.4, 0.5) is 4.39 Å². The van der Waals surface area contributed by atoms with Gasteiger partial charge in [0.15, 0.2) is 0 Å². The van der Waals surface area contributed by atoms with Crippen LogP contribution in [0.1, 0.15) is 25.5 Å². The van der Waals surface area contributed by atoms with Gasteiger partial charge in [0, 0.05) is 5.56 Å². The Hall–Kier alpha value is -0.910. The van der Waals surface area contributed by atoms with Crippen molar-refractivity contribution in [2.75, 3.05) is 0 Å². The highest BCUT2D eigenvalue weighted by Gasteiger charge is 2.14. The second-order valence-corrected chi connectivity index (χ2v) is 5.04. The molecule has 1 aromatic heterocycles. The highest BCUT2D eigenvalue weighted by molar-refractivity contribution is 14.1. The lowest BCUT2D eigenvalue weighted by Crippen LogP contribution is -1.89. The molecule has 0 saturated heterocycles. The zero-order valence-corrected chi connectivity index (χ0v) is 11.2. The van der Waals surface area contributed by atoms with E-state index in [9.17, 15) is 4.39 Å². The smallest absolute Gasteiger partial charge is 0.123 e. The quantitative estimate of drug-likeness (QED) is 0.830. The Bertz CT molecular complexity index is 488. The van der Waals surface area contributed by atoms with Crippen LogP contribution >= 0.6 is 22.6 Å². The zero-order chi connectivity index (χ0) is 11.7. The minimum Gasteiger partial charge on any atom is -0.281 e. The summed E-state index contributed by atoms with van der Waals surface area (Å²) in [4.78, 5) is 0. The Morgan fingerprint density at radius 3 is 2.38 bits per heavy atom. The fraction of sp³-hybridized carbons (Fsp3) is 0.250. The van der Waals surface area contributed by atoms with Crippen LogP contribution in [0.5, 0.6) is 0 Å². The summed E-state index contributed by atoms with van der Waals surface area (Å²) in [6, 6.07) is 6.40. The predicted molar refractivity (Wildman–Crippen MR) is 70.8 cm³/mol. The standard InChI is InChI=1S/C12H12FIN2/c1-7(2)11-10(14)12(16-15-11)8-3-5-9(13)6-4-8/h3-7H,1-2H3,(H,15,16). The van der Waals surface area contributed by atoms with Gasteiger partial charge in [-0.05, 0) is 52.8 Å². The molecule has 0 atom stereocenters. The highest BCUT2D eigenvalue weighted by atomic mass is 127. The lowest BCUT2D eigenvalue weighted by Gasteiger charge is -2.01. The molecule has 0 aliphatic rings. The van der Waals surface area contributed by atoms with E-state index in [4.69, 9.17) is 0 Å². The Kier molecular flexibility index (Phi) is 3.28. The number of H-pyrrole nitrogens is 1. The van der Waals surface area contributed by atoms with Crippen LogP contribution in [0, 0.1) is 9.39 Å². The van der Waals surface area contributed by atoms with Crippen molar-refractivity contribution in [3.8, 4) is 11.3 Å². The van der Waals surface area contributed by atoms with E-state index in [-0.39, 0.29) is 5.82 Å². The van der Waals surface area contributed by atoms with Crippen molar-refractivity contribution in [1.29, 1.82) is 0 Å². The van der Waals surface area contributed by atoms with Gasteiger partial charge in [-0.25, -0.2) is 4.39 Å². The molecule has 4 heteroatoms. The van der Waals surface area contributed by atoms with Crippen molar-refractivity contribution in [3.05, 3.63) is 39.3 Å². The molecule has 2 nitrogen and oxygen atoms in total. The van der Waals surface area contributed by atoms with Crippen LogP contribution in [0.2, 0.25) is 0 Å². The maximum Gasteiger partial charge on any atom is 0.123 e. The number of halogens is 2. The molecule has 0 saturated carbocycles. The minimum atomic E-state index is -0.224. The van der Waals surface area contributed by atoms with E-state index in [1.165, 1.54) is 12.1 Å². The van der Waals surface area contributed by atoms with E-state index in [0.717, 1.165) is 20.5 Å². The molecule has 0 amide bonds. The van der Waals surface area contributed by atoms with Crippen molar-refractivity contribution in [2.24, 2.45) is 0 Å². The summed E-state index contributed by atoms with van der Waals surface area (Å²) in [7, 11) is 0. The number of hydrogen-bond donors (Lipinski definition) is 1.